The average Bonchev–Trinajstić information content (AvgIpc) is 2.65. The molecule has 0 heterocycles. The van der Waals surface area contributed by atoms with E-state index in [4.69, 9.17) is 0 Å². The lowest BCUT2D eigenvalue weighted by Gasteiger charge is -2.11. The fourth-order valence-electron chi connectivity index (χ4n) is 2.29. The number of rotatable bonds is 6. The van der Waals surface area contributed by atoms with Crippen LogP contribution in [0.15, 0.2) is 42.5 Å². The van der Waals surface area contributed by atoms with Crippen molar-refractivity contribution in [1.29, 1.82) is 0 Å². The van der Waals surface area contributed by atoms with Crippen LogP contribution in [0, 0.1) is 12.7 Å². The monoisotopic (exact) mass is 397 g/mol. The highest BCUT2D eigenvalue weighted by molar-refractivity contribution is 5.94. The Kier molecular flexibility index (Phi) is 6.97. The van der Waals surface area contributed by atoms with Crippen molar-refractivity contribution in [1.82, 2.24) is 16.0 Å². The summed E-state index contributed by atoms with van der Waals surface area (Å²) in [6.45, 7) is 1.70. The van der Waals surface area contributed by atoms with Crippen molar-refractivity contribution in [2.75, 3.05) is 13.1 Å². The van der Waals surface area contributed by atoms with E-state index in [0.29, 0.717) is 11.1 Å². The average molecular weight is 397 g/mol. The highest BCUT2D eigenvalue weighted by atomic mass is 19.4. The zero-order valence-corrected chi connectivity index (χ0v) is 15.0. The number of amides is 3. The molecule has 28 heavy (non-hydrogen) atoms. The lowest BCUT2D eigenvalue weighted by Crippen LogP contribution is -2.40. The fraction of sp³-hybridized carbons (Fsp3) is 0.263. The summed E-state index contributed by atoms with van der Waals surface area (Å²) in [5.74, 6) is -0.968. The number of alkyl halides is 3. The molecule has 2 aromatic carbocycles. The molecule has 0 atom stereocenters. The van der Waals surface area contributed by atoms with Gasteiger partial charge in [-0.2, -0.15) is 13.2 Å². The largest absolute Gasteiger partial charge is 0.416 e. The van der Waals surface area contributed by atoms with E-state index >= 15 is 0 Å². The first-order chi connectivity index (χ1) is 13.2. The molecule has 0 saturated carbocycles. The van der Waals surface area contributed by atoms with Gasteiger partial charge in [0, 0.05) is 25.2 Å². The van der Waals surface area contributed by atoms with Crippen LogP contribution < -0.4 is 16.0 Å². The zero-order chi connectivity index (χ0) is 20.7. The lowest BCUT2D eigenvalue weighted by molar-refractivity contribution is -0.137. The molecule has 0 aliphatic carbocycles. The van der Waals surface area contributed by atoms with Crippen molar-refractivity contribution in [3.8, 4) is 0 Å². The summed E-state index contributed by atoms with van der Waals surface area (Å²) in [6, 6.07) is 8.16. The standard InChI is InChI=1S/C19H19F4N3O2/c1-12-5-6-14(10-16(12)20)17(27)24-7-8-25-18(28)26-11-13-3-2-4-15(9-13)19(21,22)23/h2-6,9-10H,7-8,11H2,1H3,(H,24,27)(H2,25,26,28). The number of halogens is 4. The predicted molar refractivity (Wildman–Crippen MR) is 95.2 cm³/mol. The SMILES string of the molecule is Cc1ccc(C(=O)NCCNC(=O)NCc2cccc(C(F)(F)F)c2)cc1F. The second-order valence-electron chi connectivity index (χ2n) is 6.03. The van der Waals surface area contributed by atoms with Crippen molar-refractivity contribution < 1.29 is 27.2 Å². The number of aryl methyl sites for hydroxylation is 1. The van der Waals surface area contributed by atoms with Gasteiger partial charge in [-0.15, -0.1) is 0 Å². The third-order valence-electron chi connectivity index (χ3n) is 3.84. The van der Waals surface area contributed by atoms with Crippen molar-refractivity contribution >= 4 is 11.9 Å². The smallest absolute Gasteiger partial charge is 0.350 e. The van der Waals surface area contributed by atoms with Crippen LogP contribution in [-0.2, 0) is 12.7 Å². The van der Waals surface area contributed by atoms with E-state index < -0.39 is 29.5 Å². The summed E-state index contributed by atoms with van der Waals surface area (Å²) in [5, 5.41) is 7.42. The fourth-order valence-corrected chi connectivity index (χ4v) is 2.29. The molecule has 150 valence electrons. The molecular weight excluding hydrogens is 378 g/mol. The highest BCUT2D eigenvalue weighted by Gasteiger charge is 2.30. The first-order valence-corrected chi connectivity index (χ1v) is 8.39. The maximum absolute atomic E-state index is 13.4. The Hall–Kier alpha value is -3.10. The number of hydrogen-bond donors (Lipinski definition) is 3. The predicted octanol–water partition coefficient (Wildman–Crippen LogP) is 3.38. The Morgan fingerprint density at radius 3 is 2.36 bits per heavy atom. The molecule has 0 aliphatic rings. The molecule has 0 spiro atoms. The van der Waals surface area contributed by atoms with E-state index in [1.54, 1.807) is 6.92 Å². The first kappa shape index (κ1) is 21.2. The molecule has 5 nitrogen and oxygen atoms in total. The number of carbonyl (C=O) groups excluding carboxylic acids is 2. The van der Waals surface area contributed by atoms with Gasteiger partial charge < -0.3 is 16.0 Å². The van der Waals surface area contributed by atoms with Gasteiger partial charge in [-0.05, 0) is 42.3 Å². The minimum atomic E-state index is -4.45. The zero-order valence-electron chi connectivity index (χ0n) is 15.0. The molecule has 0 fully saturated rings. The van der Waals surface area contributed by atoms with E-state index in [-0.39, 0.29) is 25.2 Å². The molecule has 3 N–H and O–H groups in total. The number of urea groups is 1. The maximum atomic E-state index is 13.4. The van der Waals surface area contributed by atoms with Crippen molar-refractivity contribution in [2.24, 2.45) is 0 Å². The van der Waals surface area contributed by atoms with Crippen LogP contribution >= 0.6 is 0 Å². The Morgan fingerprint density at radius 1 is 0.964 bits per heavy atom. The van der Waals surface area contributed by atoms with Crippen molar-refractivity contribution in [3.63, 3.8) is 0 Å². The Bertz CT molecular complexity index is 853. The normalized spacial score (nSPS) is 11.0. The summed E-state index contributed by atoms with van der Waals surface area (Å²) in [5.41, 5.74) is 0.106. The van der Waals surface area contributed by atoms with Gasteiger partial charge in [-0.3, -0.25) is 4.79 Å². The van der Waals surface area contributed by atoms with E-state index in [2.05, 4.69) is 16.0 Å². The van der Waals surface area contributed by atoms with Crippen LogP contribution in [0.4, 0.5) is 22.4 Å². The molecule has 0 unspecified atom stereocenters. The van der Waals surface area contributed by atoms with Gasteiger partial charge in [0.15, 0.2) is 0 Å². The van der Waals surface area contributed by atoms with E-state index in [1.165, 1.54) is 24.3 Å². The summed E-state index contributed by atoms with van der Waals surface area (Å²) < 4.78 is 51.4. The Morgan fingerprint density at radius 2 is 1.68 bits per heavy atom. The second-order valence-corrected chi connectivity index (χ2v) is 6.03. The number of nitrogens with one attached hydrogen (secondary N) is 3. The maximum Gasteiger partial charge on any atom is 0.416 e. The van der Waals surface area contributed by atoms with Crippen LogP contribution in [0.1, 0.15) is 27.0 Å². The topological polar surface area (TPSA) is 70.2 Å². The molecule has 2 rings (SSSR count). The minimum absolute atomic E-state index is 0.0786. The molecule has 0 radical (unpaired) electrons. The van der Waals surface area contributed by atoms with Crippen LogP contribution in [0.3, 0.4) is 0 Å². The van der Waals surface area contributed by atoms with Gasteiger partial charge in [0.2, 0.25) is 0 Å². The minimum Gasteiger partial charge on any atom is -0.350 e. The quantitative estimate of drug-likeness (QED) is 0.517. The van der Waals surface area contributed by atoms with Crippen molar-refractivity contribution in [3.05, 3.63) is 70.5 Å². The van der Waals surface area contributed by atoms with Crippen LogP contribution in [0.5, 0.6) is 0 Å². The van der Waals surface area contributed by atoms with E-state index in [0.717, 1.165) is 18.2 Å². The Balaban J connectivity index is 1.71. The second kappa shape index (κ2) is 9.20. The van der Waals surface area contributed by atoms with E-state index in [1.807, 2.05) is 0 Å². The first-order valence-electron chi connectivity index (χ1n) is 8.39. The summed E-state index contributed by atoms with van der Waals surface area (Å²) in [6.07, 6.45) is -4.45. The third kappa shape index (κ3) is 6.26. The molecule has 0 saturated heterocycles. The number of hydrogen-bond acceptors (Lipinski definition) is 2. The summed E-state index contributed by atoms with van der Waals surface area (Å²) in [4.78, 5) is 23.6. The van der Waals surface area contributed by atoms with E-state index in [9.17, 15) is 27.2 Å². The van der Waals surface area contributed by atoms with Crippen LogP contribution in [0.2, 0.25) is 0 Å². The van der Waals surface area contributed by atoms with Gasteiger partial charge in [0.25, 0.3) is 5.91 Å². The van der Waals surface area contributed by atoms with Gasteiger partial charge in [0.05, 0.1) is 5.56 Å². The van der Waals surface area contributed by atoms with Crippen LogP contribution in [0.25, 0.3) is 0 Å². The molecule has 2 aromatic rings. The Labute approximate surface area is 159 Å². The molecule has 0 aliphatic heterocycles. The molecule has 0 bridgehead atoms. The van der Waals surface area contributed by atoms with Gasteiger partial charge >= 0.3 is 12.2 Å². The summed E-state index contributed by atoms with van der Waals surface area (Å²) in [7, 11) is 0. The van der Waals surface area contributed by atoms with Gasteiger partial charge in [-0.1, -0.05) is 18.2 Å². The van der Waals surface area contributed by atoms with Gasteiger partial charge in [0.1, 0.15) is 5.82 Å². The highest BCUT2D eigenvalue weighted by Crippen LogP contribution is 2.29. The third-order valence-corrected chi connectivity index (χ3v) is 3.84. The lowest BCUT2D eigenvalue weighted by atomic mass is 10.1. The van der Waals surface area contributed by atoms with Crippen molar-refractivity contribution in [2.45, 2.75) is 19.6 Å². The number of benzene rings is 2. The summed E-state index contributed by atoms with van der Waals surface area (Å²) >= 11 is 0. The number of carbonyl (C=O) groups is 2. The molecule has 0 aromatic heterocycles. The van der Waals surface area contributed by atoms with Crippen LogP contribution in [-0.4, -0.2) is 25.0 Å². The van der Waals surface area contributed by atoms with Gasteiger partial charge in [-0.25, -0.2) is 9.18 Å². The molecular formula is C19H19F4N3O2. The molecule has 9 heteroatoms. The molecule has 3 amide bonds.